The average molecular weight is 421 g/mol. The molecule has 31 heavy (non-hydrogen) atoms. The molecule has 2 heterocycles. The van der Waals surface area contributed by atoms with Gasteiger partial charge < -0.3 is 18.8 Å². The number of fused-ring (bicyclic) bond motifs is 3. The molecule has 6 nitrogen and oxygen atoms in total. The number of nitrogens with zero attached hydrogens (tertiary/aromatic N) is 1. The zero-order chi connectivity index (χ0) is 22.4. The van der Waals surface area contributed by atoms with Gasteiger partial charge in [0.05, 0.1) is 13.2 Å². The third-order valence-corrected chi connectivity index (χ3v) is 4.73. The summed E-state index contributed by atoms with van der Waals surface area (Å²) in [6.45, 7) is 12.4. The van der Waals surface area contributed by atoms with Crippen LogP contribution >= 0.6 is 0 Å². The summed E-state index contributed by atoms with van der Waals surface area (Å²) in [7, 11) is 0. The van der Waals surface area contributed by atoms with Gasteiger partial charge in [-0.15, -0.1) is 0 Å². The smallest absolute Gasteiger partial charge is 0.333 e. The molecule has 0 bridgehead atoms. The van der Waals surface area contributed by atoms with Crippen molar-refractivity contribution in [1.29, 1.82) is 0 Å². The first kappa shape index (κ1) is 22.3. The van der Waals surface area contributed by atoms with Crippen LogP contribution in [0.15, 0.2) is 72.8 Å². The molecule has 1 unspecified atom stereocenters. The second-order valence-corrected chi connectivity index (χ2v) is 7.44. The minimum Gasteiger partial charge on any atom is -0.460 e. The second kappa shape index (κ2) is 10.1. The van der Waals surface area contributed by atoms with Crippen LogP contribution in [0.1, 0.15) is 13.8 Å². The van der Waals surface area contributed by atoms with Crippen LogP contribution in [0.5, 0.6) is 0 Å². The predicted octanol–water partition coefficient (Wildman–Crippen LogP) is 4.42. The molecule has 1 atom stereocenters. The summed E-state index contributed by atoms with van der Waals surface area (Å²) in [4.78, 5) is 22.2. The SMILES string of the molecule is C=C(C)C(=O)OCC1CO1.C=C(C)C(=O)OCCn1c2ccccc2c2ccccc21. The molecule has 0 amide bonds. The Morgan fingerprint density at radius 1 is 0.935 bits per heavy atom. The lowest BCUT2D eigenvalue weighted by molar-refractivity contribution is -0.140. The van der Waals surface area contributed by atoms with Gasteiger partial charge in [-0.05, 0) is 26.0 Å². The molecule has 0 aliphatic carbocycles. The number of epoxide rings is 1. The molecule has 4 rings (SSSR count). The Kier molecular flexibility index (Phi) is 7.26. The summed E-state index contributed by atoms with van der Waals surface area (Å²) in [5, 5.41) is 2.44. The van der Waals surface area contributed by atoms with Crippen molar-refractivity contribution in [2.45, 2.75) is 26.5 Å². The van der Waals surface area contributed by atoms with Crippen molar-refractivity contribution in [1.82, 2.24) is 4.57 Å². The molecule has 2 aromatic carbocycles. The van der Waals surface area contributed by atoms with Crippen LogP contribution in [-0.4, -0.2) is 42.4 Å². The molecule has 3 aromatic rings. The fraction of sp³-hybridized carbons (Fsp3) is 0.280. The summed E-state index contributed by atoms with van der Waals surface area (Å²) in [6.07, 6.45) is 0.142. The van der Waals surface area contributed by atoms with Crippen LogP contribution in [0.2, 0.25) is 0 Å². The molecule has 1 fully saturated rings. The van der Waals surface area contributed by atoms with Gasteiger partial charge in [-0.25, -0.2) is 9.59 Å². The fourth-order valence-electron chi connectivity index (χ4n) is 3.05. The minimum absolute atomic E-state index is 0.142. The monoisotopic (exact) mass is 421 g/mol. The highest BCUT2D eigenvalue weighted by Gasteiger charge is 2.24. The predicted molar refractivity (Wildman–Crippen MR) is 121 cm³/mol. The number of esters is 2. The molecular weight excluding hydrogens is 394 g/mol. The maximum absolute atomic E-state index is 11.5. The van der Waals surface area contributed by atoms with Crippen molar-refractivity contribution < 1.29 is 23.8 Å². The van der Waals surface area contributed by atoms with Gasteiger partial charge in [0.15, 0.2) is 0 Å². The van der Waals surface area contributed by atoms with Crippen molar-refractivity contribution in [2.75, 3.05) is 19.8 Å². The number of hydrogen-bond acceptors (Lipinski definition) is 5. The lowest BCUT2D eigenvalue weighted by atomic mass is 10.2. The highest BCUT2D eigenvalue weighted by atomic mass is 16.6. The number of carbonyl (C=O) groups excluding carboxylic acids is 2. The maximum Gasteiger partial charge on any atom is 0.333 e. The van der Waals surface area contributed by atoms with E-state index in [0.29, 0.717) is 37.5 Å². The van der Waals surface area contributed by atoms with Crippen LogP contribution in [-0.2, 0) is 30.3 Å². The fourth-order valence-corrected chi connectivity index (χ4v) is 3.05. The van der Waals surface area contributed by atoms with E-state index >= 15 is 0 Å². The van der Waals surface area contributed by atoms with Gasteiger partial charge in [-0.1, -0.05) is 49.6 Å². The Bertz CT molecular complexity index is 1070. The molecule has 1 aromatic heterocycles. The van der Waals surface area contributed by atoms with Crippen LogP contribution in [0, 0.1) is 0 Å². The van der Waals surface area contributed by atoms with E-state index in [-0.39, 0.29) is 18.0 Å². The number of hydrogen-bond donors (Lipinski definition) is 0. The van der Waals surface area contributed by atoms with Crippen LogP contribution in [0.4, 0.5) is 0 Å². The van der Waals surface area contributed by atoms with Crippen molar-refractivity contribution in [3.8, 4) is 0 Å². The van der Waals surface area contributed by atoms with Crippen LogP contribution in [0.25, 0.3) is 21.8 Å². The molecule has 0 N–H and O–H groups in total. The molecule has 0 spiro atoms. The summed E-state index contributed by atoms with van der Waals surface area (Å²) >= 11 is 0. The second-order valence-electron chi connectivity index (χ2n) is 7.44. The summed E-state index contributed by atoms with van der Waals surface area (Å²) in [5.74, 6) is -0.675. The first-order valence-corrected chi connectivity index (χ1v) is 10.1. The number of para-hydroxylation sites is 2. The van der Waals surface area contributed by atoms with Crippen LogP contribution in [0.3, 0.4) is 0 Å². The number of benzene rings is 2. The van der Waals surface area contributed by atoms with Crippen molar-refractivity contribution in [3.05, 3.63) is 72.8 Å². The summed E-state index contributed by atoms with van der Waals surface area (Å²) in [5.41, 5.74) is 3.17. The number of aromatic nitrogens is 1. The average Bonchev–Trinajstić information content (AvgIpc) is 3.55. The summed E-state index contributed by atoms with van der Waals surface area (Å²) < 4.78 is 17.0. The number of rotatable bonds is 7. The van der Waals surface area contributed by atoms with E-state index in [1.165, 1.54) is 10.8 Å². The lowest BCUT2D eigenvalue weighted by Crippen LogP contribution is -2.11. The number of ether oxygens (including phenoxy) is 3. The maximum atomic E-state index is 11.5. The van der Waals surface area contributed by atoms with Crippen molar-refractivity contribution in [2.24, 2.45) is 0 Å². The van der Waals surface area contributed by atoms with Gasteiger partial charge in [0.1, 0.15) is 19.3 Å². The summed E-state index contributed by atoms with van der Waals surface area (Å²) in [6, 6.07) is 16.6. The van der Waals surface area contributed by atoms with E-state index in [1.807, 2.05) is 24.3 Å². The Morgan fingerprint density at radius 3 is 1.90 bits per heavy atom. The lowest BCUT2D eigenvalue weighted by Gasteiger charge is -2.08. The zero-order valence-corrected chi connectivity index (χ0v) is 17.9. The van der Waals surface area contributed by atoms with E-state index in [1.54, 1.807) is 13.8 Å². The van der Waals surface area contributed by atoms with E-state index in [2.05, 4.69) is 42.0 Å². The van der Waals surface area contributed by atoms with Gasteiger partial charge in [-0.3, -0.25) is 0 Å². The van der Waals surface area contributed by atoms with Gasteiger partial charge in [-0.2, -0.15) is 0 Å². The largest absolute Gasteiger partial charge is 0.460 e. The molecule has 1 aliphatic heterocycles. The van der Waals surface area contributed by atoms with Gasteiger partial charge >= 0.3 is 11.9 Å². The highest BCUT2D eigenvalue weighted by Crippen LogP contribution is 2.28. The first-order chi connectivity index (χ1) is 14.9. The van der Waals surface area contributed by atoms with Gasteiger partial charge in [0.25, 0.3) is 0 Å². The van der Waals surface area contributed by atoms with E-state index in [9.17, 15) is 9.59 Å². The van der Waals surface area contributed by atoms with E-state index in [4.69, 9.17) is 14.2 Å². The third-order valence-electron chi connectivity index (χ3n) is 4.73. The molecule has 6 heteroatoms. The molecular formula is C25H27NO5. The van der Waals surface area contributed by atoms with Crippen molar-refractivity contribution >= 4 is 33.7 Å². The van der Waals surface area contributed by atoms with Crippen molar-refractivity contribution in [3.63, 3.8) is 0 Å². The first-order valence-electron chi connectivity index (χ1n) is 10.1. The zero-order valence-electron chi connectivity index (χ0n) is 17.9. The Morgan fingerprint density at radius 2 is 1.42 bits per heavy atom. The Labute approximate surface area is 181 Å². The minimum atomic E-state index is -0.337. The molecule has 0 saturated carbocycles. The molecule has 1 saturated heterocycles. The van der Waals surface area contributed by atoms with E-state index < -0.39 is 0 Å². The quantitative estimate of drug-likeness (QED) is 0.321. The number of carbonyl (C=O) groups is 2. The third kappa shape index (κ3) is 5.83. The van der Waals surface area contributed by atoms with E-state index in [0.717, 1.165) is 11.0 Å². The molecule has 1 aliphatic rings. The van der Waals surface area contributed by atoms with Gasteiger partial charge in [0.2, 0.25) is 0 Å². The molecule has 0 radical (unpaired) electrons. The van der Waals surface area contributed by atoms with Crippen LogP contribution < -0.4 is 0 Å². The standard InChI is InChI=1S/C18H17NO2.C7H10O3/c1-13(2)18(20)21-12-11-19-16-9-5-3-7-14(16)15-8-4-6-10-17(15)19;1-5(2)7(8)10-4-6-3-9-6/h3-10H,1,11-12H2,2H3;6H,1,3-4H2,2H3. The Hall–Kier alpha value is -3.38. The molecule has 162 valence electrons. The Balaban J connectivity index is 0.000000229. The van der Waals surface area contributed by atoms with Gasteiger partial charge in [0, 0.05) is 33.0 Å². The normalized spacial score (nSPS) is 14.5. The highest BCUT2D eigenvalue weighted by molar-refractivity contribution is 6.07. The topological polar surface area (TPSA) is 70.1 Å².